The van der Waals surface area contributed by atoms with Gasteiger partial charge in [0, 0.05) is 16.3 Å². The van der Waals surface area contributed by atoms with Gasteiger partial charge in [0.05, 0.1) is 5.69 Å². The van der Waals surface area contributed by atoms with Gasteiger partial charge in [0.2, 0.25) is 0 Å². The molecule has 0 spiro atoms. The van der Waals surface area contributed by atoms with Crippen molar-refractivity contribution in [1.29, 1.82) is 0 Å². The van der Waals surface area contributed by atoms with Crippen molar-refractivity contribution in [3.63, 3.8) is 0 Å². The third-order valence-electron chi connectivity index (χ3n) is 3.43. The molecule has 1 heterocycles. The Labute approximate surface area is 105 Å². The van der Waals surface area contributed by atoms with Crippen molar-refractivity contribution >= 4 is 17.4 Å². The molecular weight excluding hydrogens is 234 g/mol. The summed E-state index contributed by atoms with van der Waals surface area (Å²) in [5.41, 5.74) is 10.5. The number of rotatable bonds is 1. The summed E-state index contributed by atoms with van der Waals surface area (Å²) < 4.78 is 1.96. The molecule has 0 saturated heterocycles. The number of hydrogen-bond acceptors (Lipinski definition) is 2. The number of aromatic nitrogens is 2. The van der Waals surface area contributed by atoms with Crippen molar-refractivity contribution in [3.05, 3.63) is 40.0 Å². The number of anilines is 1. The van der Waals surface area contributed by atoms with Gasteiger partial charge in [-0.15, -0.1) is 0 Å². The van der Waals surface area contributed by atoms with Crippen LogP contribution in [0.25, 0.3) is 5.69 Å². The van der Waals surface area contributed by atoms with Crippen LogP contribution >= 0.6 is 11.6 Å². The summed E-state index contributed by atoms with van der Waals surface area (Å²) in [5.74, 6) is 0.664. The Morgan fingerprint density at radius 2 is 2.18 bits per heavy atom. The monoisotopic (exact) mass is 247 g/mol. The number of nitrogens with zero attached hydrogens (tertiary/aromatic N) is 2. The molecule has 0 unspecified atom stereocenters. The lowest BCUT2D eigenvalue weighted by Gasteiger charge is -2.09. The van der Waals surface area contributed by atoms with E-state index in [-0.39, 0.29) is 0 Å². The summed E-state index contributed by atoms with van der Waals surface area (Å²) in [5, 5.41) is 5.21. The third-order valence-corrected chi connectivity index (χ3v) is 3.84. The van der Waals surface area contributed by atoms with Gasteiger partial charge in [-0.05, 0) is 43.9 Å². The second kappa shape index (κ2) is 3.77. The fourth-order valence-electron chi connectivity index (χ4n) is 2.49. The maximum Gasteiger partial charge on any atom is 0.149 e. The van der Waals surface area contributed by atoms with Crippen LogP contribution in [0.2, 0.25) is 5.02 Å². The van der Waals surface area contributed by atoms with Gasteiger partial charge in [0.25, 0.3) is 0 Å². The highest BCUT2D eigenvalue weighted by Crippen LogP contribution is 2.31. The molecule has 0 aliphatic heterocycles. The van der Waals surface area contributed by atoms with E-state index < -0.39 is 0 Å². The predicted octanol–water partition coefficient (Wildman–Crippen LogP) is 2.91. The largest absolute Gasteiger partial charge is 0.382 e. The number of fused-ring (bicyclic) bond motifs is 1. The van der Waals surface area contributed by atoms with Crippen LogP contribution in [0.4, 0.5) is 5.82 Å². The molecule has 0 bridgehead atoms. The Morgan fingerprint density at radius 1 is 1.35 bits per heavy atom. The molecule has 0 radical (unpaired) electrons. The van der Waals surface area contributed by atoms with Crippen LogP contribution in [0.1, 0.15) is 23.2 Å². The highest BCUT2D eigenvalue weighted by atomic mass is 35.5. The van der Waals surface area contributed by atoms with Gasteiger partial charge in [-0.2, -0.15) is 5.10 Å². The lowest BCUT2D eigenvalue weighted by molar-refractivity contribution is 0.785. The molecule has 0 fully saturated rings. The standard InChI is InChI=1S/C13H14ClN3/c1-8-10(14)5-3-6-11(8)17-12-7-2-4-9(12)13(15)16-17/h3,5-6H,2,4,7H2,1H3,(H2,15,16). The summed E-state index contributed by atoms with van der Waals surface area (Å²) in [6, 6.07) is 5.88. The Bertz CT molecular complexity index is 587. The van der Waals surface area contributed by atoms with E-state index in [1.54, 1.807) is 0 Å². The minimum Gasteiger partial charge on any atom is -0.382 e. The summed E-state index contributed by atoms with van der Waals surface area (Å²) in [4.78, 5) is 0. The number of nitrogens with two attached hydrogens (primary N) is 1. The third kappa shape index (κ3) is 1.53. The average molecular weight is 248 g/mol. The molecule has 0 saturated carbocycles. The van der Waals surface area contributed by atoms with Crippen LogP contribution in [0, 0.1) is 6.92 Å². The van der Waals surface area contributed by atoms with Crippen LogP contribution in [-0.2, 0) is 12.8 Å². The Morgan fingerprint density at radius 3 is 3.00 bits per heavy atom. The van der Waals surface area contributed by atoms with Crippen LogP contribution in [0.3, 0.4) is 0 Å². The molecule has 3 rings (SSSR count). The predicted molar refractivity (Wildman–Crippen MR) is 69.7 cm³/mol. The van der Waals surface area contributed by atoms with E-state index in [2.05, 4.69) is 5.10 Å². The van der Waals surface area contributed by atoms with E-state index in [0.29, 0.717) is 5.82 Å². The van der Waals surface area contributed by atoms with Crippen molar-refractivity contribution in [2.75, 3.05) is 5.73 Å². The van der Waals surface area contributed by atoms with Crippen molar-refractivity contribution in [2.24, 2.45) is 0 Å². The zero-order chi connectivity index (χ0) is 12.0. The smallest absolute Gasteiger partial charge is 0.149 e. The fourth-order valence-corrected chi connectivity index (χ4v) is 2.66. The zero-order valence-electron chi connectivity index (χ0n) is 9.70. The summed E-state index contributed by atoms with van der Waals surface area (Å²) >= 11 is 6.15. The molecule has 0 amide bonds. The van der Waals surface area contributed by atoms with Gasteiger partial charge in [-0.3, -0.25) is 0 Å². The van der Waals surface area contributed by atoms with Gasteiger partial charge in [0.15, 0.2) is 0 Å². The summed E-state index contributed by atoms with van der Waals surface area (Å²) in [6.45, 7) is 2.01. The van der Waals surface area contributed by atoms with Gasteiger partial charge in [0.1, 0.15) is 5.82 Å². The van der Waals surface area contributed by atoms with Crippen molar-refractivity contribution in [3.8, 4) is 5.69 Å². The first kappa shape index (κ1) is 10.7. The molecule has 17 heavy (non-hydrogen) atoms. The highest BCUT2D eigenvalue weighted by Gasteiger charge is 2.22. The average Bonchev–Trinajstić information content (AvgIpc) is 2.87. The van der Waals surface area contributed by atoms with E-state index in [1.807, 2.05) is 29.8 Å². The first-order chi connectivity index (χ1) is 8.18. The Balaban J connectivity index is 2.23. The highest BCUT2D eigenvalue weighted by molar-refractivity contribution is 6.31. The Kier molecular flexibility index (Phi) is 2.37. The lowest BCUT2D eigenvalue weighted by Crippen LogP contribution is -2.04. The summed E-state index contributed by atoms with van der Waals surface area (Å²) in [7, 11) is 0. The minimum absolute atomic E-state index is 0.664. The number of nitrogen functional groups attached to an aromatic ring is 1. The van der Waals surface area contributed by atoms with Crippen LogP contribution in [0.15, 0.2) is 18.2 Å². The SMILES string of the molecule is Cc1c(Cl)cccc1-n1nc(N)c2c1CCC2. The number of benzene rings is 1. The minimum atomic E-state index is 0.664. The molecule has 0 atom stereocenters. The Hall–Kier alpha value is -1.48. The molecule has 1 aliphatic carbocycles. The topological polar surface area (TPSA) is 43.8 Å². The van der Waals surface area contributed by atoms with Gasteiger partial charge >= 0.3 is 0 Å². The van der Waals surface area contributed by atoms with Crippen LogP contribution in [0.5, 0.6) is 0 Å². The summed E-state index contributed by atoms with van der Waals surface area (Å²) in [6.07, 6.45) is 3.25. The first-order valence-electron chi connectivity index (χ1n) is 5.80. The quantitative estimate of drug-likeness (QED) is 0.842. The molecular formula is C13H14ClN3. The van der Waals surface area contributed by atoms with Crippen LogP contribution < -0.4 is 5.73 Å². The van der Waals surface area contributed by atoms with Crippen molar-refractivity contribution in [2.45, 2.75) is 26.2 Å². The fraction of sp³-hybridized carbons (Fsp3) is 0.308. The molecule has 2 N–H and O–H groups in total. The van der Waals surface area contributed by atoms with Gasteiger partial charge in [-0.25, -0.2) is 4.68 Å². The van der Waals surface area contributed by atoms with E-state index in [0.717, 1.165) is 35.5 Å². The zero-order valence-corrected chi connectivity index (χ0v) is 10.5. The molecule has 1 aromatic heterocycles. The normalized spacial score (nSPS) is 14.0. The molecule has 2 aromatic rings. The second-order valence-electron chi connectivity index (χ2n) is 4.46. The molecule has 1 aromatic carbocycles. The maximum absolute atomic E-state index is 6.15. The lowest BCUT2D eigenvalue weighted by atomic mass is 10.2. The number of halogens is 1. The van der Waals surface area contributed by atoms with Gasteiger partial charge in [-0.1, -0.05) is 17.7 Å². The molecule has 88 valence electrons. The van der Waals surface area contributed by atoms with E-state index in [1.165, 1.54) is 11.3 Å². The molecule has 3 nitrogen and oxygen atoms in total. The van der Waals surface area contributed by atoms with Crippen molar-refractivity contribution in [1.82, 2.24) is 9.78 Å². The van der Waals surface area contributed by atoms with Crippen molar-refractivity contribution < 1.29 is 0 Å². The first-order valence-corrected chi connectivity index (χ1v) is 6.18. The van der Waals surface area contributed by atoms with E-state index >= 15 is 0 Å². The van der Waals surface area contributed by atoms with Crippen LogP contribution in [-0.4, -0.2) is 9.78 Å². The van der Waals surface area contributed by atoms with E-state index in [9.17, 15) is 0 Å². The number of hydrogen-bond donors (Lipinski definition) is 1. The molecule has 1 aliphatic rings. The molecule has 4 heteroatoms. The van der Waals surface area contributed by atoms with E-state index in [4.69, 9.17) is 17.3 Å². The van der Waals surface area contributed by atoms with Gasteiger partial charge < -0.3 is 5.73 Å². The maximum atomic E-state index is 6.15. The second-order valence-corrected chi connectivity index (χ2v) is 4.87.